The average Bonchev–Trinajstić information content (AvgIpc) is 1.61. The minimum atomic E-state index is -4.20. The maximum absolute atomic E-state index is 14.3. The van der Waals surface area contributed by atoms with Crippen LogP contribution in [0.5, 0.6) is 0 Å². The summed E-state index contributed by atoms with van der Waals surface area (Å²) in [6.07, 6.45) is -11.8. The second-order valence-electron chi connectivity index (χ2n) is 22.8. The van der Waals surface area contributed by atoms with Gasteiger partial charge in [0.2, 0.25) is 41.4 Å². The zero-order valence-corrected chi connectivity index (χ0v) is 53.0. The minimum Gasteiger partial charge on any atom is -0.394 e. The molecule has 520 valence electrons. The Kier molecular flexibility index (Phi) is 35.5. The van der Waals surface area contributed by atoms with Gasteiger partial charge in [-0.3, -0.25) is 42.6 Å². The molecule has 33 nitrogen and oxygen atoms in total. The van der Waals surface area contributed by atoms with E-state index in [9.17, 15) is 89.0 Å². The van der Waals surface area contributed by atoms with Crippen molar-refractivity contribution in [1.29, 1.82) is 0 Å². The van der Waals surface area contributed by atoms with E-state index in [1.54, 1.807) is 19.6 Å². The summed E-state index contributed by atoms with van der Waals surface area (Å²) in [7, 11) is -3.15. The molecule has 0 saturated carbocycles. The number of rotatable bonds is 34. The van der Waals surface area contributed by atoms with Crippen LogP contribution in [0.4, 0.5) is 0 Å². The van der Waals surface area contributed by atoms with Crippen molar-refractivity contribution in [2.45, 2.75) is 209 Å². The first kappa shape index (κ1) is 78.2. The van der Waals surface area contributed by atoms with Gasteiger partial charge < -0.3 is 115 Å². The Balaban J connectivity index is 1.48. The second-order valence-corrected chi connectivity index (χ2v) is 24.4. The molecule has 4 rings (SSSR count). The van der Waals surface area contributed by atoms with Gasteiger partial charge in [-0.05, 0) is 51.4 Å². The van der Waals surface area contributed by atoms with Crippen LogP contribution < -0.4 is 16.0 Å². The van der Waals surface area contributed by atoms with Gasteiger partial charge in [-0.2, -0.15) is 0 Å². The molecule has 0 aromatic rings. The second kappa shape index (κ2) is 40.8. The highest BCUT2D eigenvalue weighted by Gasteiger charge is 2.48. The fraction of sp³-hybridized carbons (Fsp3) is 0.875. The van der Waals surface area contributed by atoms with E-state index in [2.05, 4.69) is 20.5 Å². The maximum atomic E-state index is 14.3. The van der Waals surface area contributed by atoms with E-state index in [4.69, 9.17) is 32.9 Å². The van der Waals surface area contributed by atoms with Crippen molar-refractivity contribution in [2.24, 2.45) is 0 Å². The number of phosphoric acid groups is 1. The number of nitrogens with zero attached hydrogens (tertiary/aromatic N) is 4. The summed E-state index contributed by atoms with van der Waals surface area (Å²) < 4.78 is 55.6. The van der Waals surface area contributed by atoms with Crippen LogP contribution >= 0.6 is 7.82 Å². The topological polar surface area (TPSA) is 462 Å². The molecule has 0 bridgehead atoms. The van der Waals surface area contributed by atoms with Gasteiger partial charge in [-0.25, -0.2) is 4.57 Å². The van der Waals surface area contributed by atoms with Gasteiger partial charge in [-0.15, -0.1) is 0 Å². The lowest BCUT2D eigenvalue weighted by Gasteiger charge is -2.42. The highest BCUT2D eigenvalue weighted by atomic mass is 31.2. The predicted molar refractivity (Wildman–Crippen MR) is 312 cm³/mol. The zero-order chi connectivity index (χ0) is 66.5. The summed E-state index contributed by atoms with van der Waals surface area (Å²) in [4.78, 5) is 108. The number of carbonyl (C=O) groups is 7. The van der Waals surface area contributed by atoms with Crippen molar-refractivity contribution < 1.29 is 126 Å². The normalized spacial score (nSPS) is 29.5. The van der Waals surface area contributed by atoms with E-state index in [1.807, 2.05) is 0 Å². The van der Waals surface area contributed by atoms with Crippen molar-refractivity contribution in [1.82, 2.24) is 35.6 Å². The number of nitrogens with one attached hydrogen (secondary N) is 3. The highest BCUT2D eigenvalue weighted by molar-refractivity contribution is 7.47. The van der Waals surface area contributed by atoms with E-state index in [0.29, 0.717) is 57.8 Å². The van der Waals surface area contributed by atoms with Crippen LogP contribution in [0.1, 0.15) is 117 Å². The minimum absolute atomic E-state index is 0.00403. The van der Waals surface area contributed by atoms with E-state index in [0.717, 1.165) is 7.11 Å². The Morgan fingerprint density at radius 2 is 0.656 bits per heavy atom. The number of carbonyl (C=O) groups excluding carboxylic acids is 7. The molecule has 4 saturated heterocycles. The summed E-state index contributed by atoms with van der Waals surface area (Å²) in [6, 6.07) is -3.43. The van der Waals surface area contributed by atoms with Crippen LogP contribution in [0.3, 0.4) is 0 Å². The lowest BCUT2D eigenvalue weighted by atomic mass is 9.97. The molecule has 0 radical (unpaired) electrons. The largest absolute Gasteiger partial charge is 0.471 e. The lowest BCUT2D eigenvalue weighted by Crippen LogP contribution is -2.64. The van der Waals surface area contributed by atoms with Crippen LogP contribution in [-0.2, 0) is 75.6 Å². The fourth-order valence-corrected chi connectivity index (χ4v) is 11.2. The number of unbranched alkanes of at least 4 members (excludes halogenated alkanes) is 7. The van der Waals surface area contributed by atoms with E-state index < -0.39 is 137 Å². The fourth-order valence-electron chi connectivity index (χ4n) is 10.8. The molecule has 4 heterocycles. The Morgan fingerprint density at radius 3 is 0.900 bits per heavy atom. The number of amides is 7. The molecule has 0 aromatic carbocycles. The molecule has 13 N–H and O–H groups in total. The summed E-state index contributed by atoms with van der Waals surface area (Å²) in [5, 5.41) is 99.9. The summed E-state index contributed by atoms with van der Waals surface area (Å²) in [5.74, 6) is -2.69. The first-order valence-corrected chi connectivity index (χ1v) is 32.5. The third kappa shape index (κ3) is 25.9. The maximum Gasteiger partial charge on any atom is 0.471 e. The SMILES string of the molecule is COP(=O)(O)OCCCCCC(=O)N1CCN(C(=O)CCCCCOC2OC(CO)C(O)C(O)C2NC(C)=O)CCN(C(=O)CCCCCOC2OC(CO)C(O)C(O)C2NC(C)=O)CCN(C(=O)CCCCOC2OC(CO)C(O)C(O)C2NC(C)=O)CC1. The van der Waals surface area contributed by atoms with Crippen molar-refractivity contribution in [3.63, 3.8) is 0 Å². The highest BCUT2D eigenvalue weighted by Crippen LogP contribution is 2.42. The molecular weight excluding hydrogens is 1220 g/mol. The van der Waals surface area contributed by atoms with Gasteiger partial charge in [0, 0.05) is 126 Å². The van der Waals surface area contributed by atoms with Crippen LogP contribution in [0.2, 0.25) is 0 Å². The van der Waals surface area contributed by atoms with E-state index in [1.165, 1.54) is 20.8 Å². The smallest absolute Gasteiger partial charge is 0.394 e. The van der Waals surface area contributed by atoms with Gasteiger partial charge in [0.1, 0.15) is 73.1 Å². The quantitative estimate of drug-likeness (QED) is 0.0215. The third-order valence-corrected chi connectivity index (χ3v) is 16.9. The Hall–Kier alpha value is -4.20. The molecule has 90 heavy (non-hydrogen) atoms. The van der Waals surface area contributed by atoms with E-state index in [-0.39, 0.29) is 141 Å². The number of hydrogen-bond donors (Lipinski definition) is 13. The van der Waals surface area contributed by atoms with E-state index >= 15 is 0 Å². The van der Waals surface area contributed by atoms with Crippen molar-refractivity contribution in [3.8, 4) is 0 Å². The number of aliphatic hydroxyl groups is 9. The molecule has 16 atom stereocenters. The Morgan fingerprint density at radius 1 is 0.411 bits per heavy atom. The molecular formula is C56H100N7O26P. The summed E-state index contributed by atoms with van der Waals surface area (Å²) >= 11 is 0. The molecule has 4 aliphatic heterocycles. The lowest BCUT2D eigenvalue weighted by molar-refractivity contribution is -0.270. The predicted octanol–water partition coefficient (Wildman–Crippen LogP) is -4.19. The standard InChI is InChI=1S/C56H100N7O26P/c1-35(67)57-45-51(77)48(74)38(32-64)87-54(45)83-28-12-5-8-16-41(70)60-20-21-61(42(71)17-9-6-13-29-84-55-46(58-36(2)68)52(78)49(75)39(33-65)88-55)24-26-63(27-25-62(23-22-60)43(72)18-10-7-14-31-86-90(80,81)82-4)44(73)19-11-15-30-85-56-47(59-37(3)69)53(79)50(76)40(34-66)89-56/h38-40,45-56,64-66,74-79H,5-34H2,1-4H3,(H,57,67)(H,58,68)(H,59,69)(H,80,81). The van der Waals surface area contributed by atoms with Gasteiger partial charge in [-0.1, -0.05) is 19.3 Å². The van der Waals surface area contributed by atoms with Gasteiger partial charge in [0.25, 0.3) is 0 Å². The monoisotopic (exact) mass is 1320 g/mol. The van der Waals surface area contributed by atoms with Crippen LogP contribution in [-0.4, -0.2) is 309 Å². The Bertz CT molecular complexity index is 2250. The molecule has 16 unspecified atom stereocenters. The number of hydrogen-bond acceptors (Lipinski definition) is 25. The van der Waals surface area contributed by atoms with Crippen molar-refractivity contribution in [3.05, 3.63) is 0 Å². The molecule has 4 fully saturated rings. The number of ether oxygens (including phenoxy) is 6. The van der Waals surface area contributed by atoms with Crippen LogP contribution in [0.15, 0.2) is 0 Å². The Labute approximate surface area is 524 Å². The molecule has 4 aliphatic rings. The van der Waals surface area contributed by atoms with Crippen LogP contribution in [0, 0.1) is 0 Å². The molecule has 7 amide bonds. The molecule has 0 spiro atoms. The molecule has 34 heteroatoms. The summed E-state index contributed by atoms with van der Waals surface area (Å²) in [6.45, 7) is 2.13. The number of phosphoric ester groups is 1. The molecule has 0 aromatic heterocycles. The third-order valence-electron chi connectivity index (χ3n) is 15.9. The summed E-state index contributed by atoms with van der Waals surface area (Å²) in [5.41, 5.74) is 0. The van der Waals surface area contributed by atoms with Crippen molar-refractivity contribution >= 4 is 49.2 Å². The molecule has 0 aliphatic carbocycles. The zero-order valence-electron chi connectivity index (χ0n) is 52.1. The first-order valence-electron chi connectivity index (χ1n) is 31.0. The van der Waals surface area contributed by atoms with Crippen molar-refractivity contribution in [2.75, 3.05) is 106 Å². The van der Waals surface area contributed by atoms with Gasteiger partial charge >= 0.3 is 7.82 Å². The van der Waals surface area contributed by atoms with Gasteiger partial charge in [0.15, 0.2) is 18.9 Å². The van der Waals surface area contributed by atoms with Crippen LogP contribution in [0.25, 0.3) is 0 Å². The number of aliphatic hydroxyl groups excluding tert-OH is 9. The van der Waals surface area contributed by atoms with Gasteiger partial charge in [0.05, 0.1) is 26.4 Å². The average molecular weight is 1320 g/mol. The first-order chi connectivity index (χ1) is 42.9.